The molecule has 152 valence electrons. The highest BCUT2D eigenvalue weighted by atomic mass is 79.9. The number of aromatic hydroxyl groups is 1. The Kier molecular flexibility index (Phi) is 4.91. The lowest BCUT2D eigenvalue weighted by atomic mass is 10.1. The summed E-state index contributed by atoms with van der Waals surface area (Å²) in [5.74, 6) is -0.204. The number of nitrogens with zero attached hydrogens (tertiary/aromatic N) is 2. The van der Waals surface area contributed by atoms with Crippen molar-refractivity contribution in [3.05, 3.63) is 28.2 Å². The van der Waals surface area contributed by atoms with Crippen LogP contribution in [0.4, 0.5) is 4.79 Å². The van der Waals surface area contributed by atoms with Crippen LogP contribution in [-0.4, -0.2) is 40.0 Å². The van der Waals surface area contributed by atoms with Gasteiger partial charge in [-0.15, -0.1) is 0 Å². The second-order valence-corrected chi connectivity index (χ2v) is 11.0. The molecule has 0 aliphatic heterocycles. The molecule has 0 spiro atoms. The zero-order valence-corrected chi connectivity index (χ0v) is 18.8. The number of carbonyl (C=O) groups is 1. The third kappa shape index (κ3) is 3.82. The Hall–Kier alpha value is -1.87. The largest absolute Gasteiger partial charge is 0.493 e. The lowest BCUT2D eigenvalue weighted by Crippen LogP contribution is -2.47. The topological polar surface area (TPSA) is 96.8 Å². The van der Waals surface area contributed by atoms with Crippen molar-refractivity contribution in [1.82, 2.24) is 9.29 Å². The minimum atomic E-state index is -4.20. The summed E-state index contributed by atoms with van der Waals surface area (Å²) in [6.07, 6.45) is 0.236. The number of hydrogen-bond donors (Lipinski definition) is 1. The van der Waals surface area contributed by atoms with Crippen LogP contribution in [0.1, 0.15) is 46.1 Å². The molecule has 1 aliphatic rings. The molecule has 28 heavy (non-hydrogen) atoms. The molecule has 2 aromatic rings. The summed E-state index contributed by atoms with van der Waals surface area (Å²) >= 11 is 3.40. The van der Waals surface area contributed by atoms with Crippen molar-refractivity contribution in [2.45, 2.75) is 63.5 Å². The maximum absolute atomic E-state index is 13.4. The molecule has 0 radical (unpaired) electrons. The quantitative estimate of drug-likeness (QED) is 0.709. The number of benzene rings is 1. The number of fused-ring (bicyclic) bond motifs is 1. The number of sulfonamides is 1. The number of hydrogen-bond acceptors (Lipinski definition) is 6. The molecule has 0 atom stereocenters. The van der Waals surface area contributed by atoms with E-state index in [1.807, 2.05) is 0 Å². The fraction of sp³-hybridized carbons (Fsp3) is 0.474. The average molecular weight is 471 g/mol. The van der Waals surface area contributed by atoms with Crippen molar-refractivity contribution in [2.24, 2.45) is 0 Å². The highest BCUT2D eigenvalue weighted by Crippen LogP contribution is 2.45. The van der Waals surface area contributed by atoms with Gasteiger partial charge in [0.1, 0.15) is 5.60 Å². The van der Waals surface area contributed by atoms with Gasteiger partial charge in [-0.3, -0.25) is 0 Å². The van der Waals surface area contributed by atoms with Crippen LogP contribution in [-0.2, 0) is 14.8 Å². The van der Waals surface area contributed by atoms with Crippen molar-refractivity contribution < 1.29 is 23.1 Å². The molecule has 0 saturated heterocycles. The summed E-state index contributed by atoms with van der Waals surface area (Å²) in [6.45, 7) is 8.58. The van der Waals surface area contributed by atoms with E-state index < -0.39 is 27.3 Å². The molecule has 7 nitrogen and oxygen atoms in total. The fourth-order valence-corrected chi connectivity index (χ4v) is 5.67. The molecule has 9 heteroatoms. The Labute approximate surface area is 172 Å². The van der Waals surface area contributed by atoms with Crippen molar-refractivity contribution >= 4 is 42.9 Å². The van der Waals surface area contributed by atoms with Gasteiger partial charge in [-0.05, 0) is 65.2 Å². The minimum Gasteiger partial charge on any atom is -0.493 e. The van der Waals surface area contributed by atoms with E-state index in [1.54, 1.807) is 34.6 Å². The van der Waals surface area contributed by atoms with Crippen molar-refractivity contribution in [3.8, 4) is 5.88 Å². The van der Waals surface area contributed by atoms with Crippen LogP contribution in [0, 0.1) is 6.92 Å². The minimum absolute atomic E-state index is 0.0941. The molecule has 1 aromatic heterocycles. The predicted octanol–water partition coefficient (Wildman–Crippen LogP) is 4.49. The number of halogens is 1. The molecule has 1 aromatic carbocycles. The summed E-state index contributed by atoms with van der Waals surface area (Å²) in [6, 6.07) is 4.32. The number of carbonyl (C=O) groups excluding carboxylic acids is 1. The zero-order chi connectivity index (χ0) is 21.1. The lowest BCUT2D eigenvalue weighted by Gasteiger charge is -2.31. The third-order valence-electron chi connectivity index (χ3n) is 4.58. The summed E-state index contributed by atoms with van der Waals surface area (Å²) in [7, 11) is -4.20. The van der Waals surface area contributed by atoms with Gasteiger partial charge in [0, 0.05) is 15.9 Å². The van der Waals surface area contributed by atoms with Crippen LogP contribution >= 0.6 is 15.9 Å². The smallest absolute Gasteiger partial charge is 0.424 e. The molecule has 1 N–H and O–H groups in total. The number of amides is 1. The number of rotatable bonds is 3. The Morgan fingerprint density at radius 2 is 1.89 bits per heavy atom. The molecular weight excluding hydrogens is 448 g/mol. The number of aryl methyl sites for hydroxylation is 1. The average Bonchev–Trinajstić information content (AvgIpc) is 3.21. The van der Waals surface area contributed by atoms with Gasteiger partial charge in [-0.25, -0.2) is 18.2 Å². The van der Waals surface area contributed by atoms with E-state index in [-0.39, 0.29) is 10.8 Å². The summed E-state index contributed by atoms with van der Waals surface area (Å²) in [5.41, 5.74) is -0.582. The van der Waals surface area contributed by atoms with E-state index in [0.717, 1.165) is 9.87 Å². The van der Waals surface area contributed by atoms with E-state index in [0.29, 0.717) is 28.2 Å². The molecule has 1 heterocycles. The normalized spacial score (nSPS) is 16.1. The Morgan fingerprint density at radius 3 is 2.43 bits per heavy atom. The van der Waals surface area contributed by atoms with Gasteiger partial charge in [0.25, 0.3) is 10.0 Å². The van der Waals surface area contributed by atoms with Crippen LogP contribution in [0.5, 0.6) is 5.88 Å². The maximum Gasteiger partial charge on any atom is 0.424 e. The Bertz CT molecular complexity index is 1070. The SMILES string of the molecule is Cc1cc(O)nc2cc(S(=O)(=O)N(C(=O)OC(C)(C)C)C3(C)CC3)cc(Br)c12. The van der Waals surface area contributed by atoms with Crippen LogP contribution in [0.15, 0.2) is 27.6 Å². The first-order valence-corrected chi connectivity index (χ1v) is 11.1. The van der Waals surface area contributed by atoms with Gasteiger partial charge in [0.15, 0.2) is 0 Å². The fourth-order valence-electron chi connectivity index (χ4n) is 3.02. The second-order valence-electron chi connectivity index (χ2n) is 8.34. The first kappa shape index (κ1) is 20.9. The van der Waals surface area contributed by atoms with E-state index in [4.69, 9.17) is 4.74 Å². The van der Waals surface area contributed by atoms with Crippen molar-refractivity contribution in [2.75, 3.05) is 0 Å². The summed E-state index contributed by atoms with van der Waals surface area (Å²) in [5, 5.41) is 10.5. The van der Waals surface area contributed by atoms with Gasteiger partial charge in [0.05, 0.1) is 16.0 Å². The first-order chi connectivity index (χ1) is 12.7. The van der Waals surface area contributed by atoms with Gasteiger partial charge in [-0.2, -0.15) is 4.31 Å². The van der Waals surface area contributed by atoms with Crippen LogP contribution in [0.2, 0.25) is 0 Å². The van der Waals surface area contributed by atoms with E-state index in [1.165, 1.54) is 18.2 Å². The van der Waals surface area contributed by atoms with Gasteiger partial charge in [0.2, 0.25) is 5.88 Å². The third-order valence-corrected chi connectivity index (χ3v) is 7.11. The summed E-state index contributed by atoms with van der Waals surface area (Å²) in [4.78, 5) is 16.7. The lowest BCUT2D eigenvalue weighted by molar-refractivity contribution is 0.0332. The zero-order valence-electron chi connectivity index (χ0n) is 16.4. The molecular formula is C19H23BrN2O5S. The van der Waals surface area contributed by atoms with Gasteiger partial charge < -0.3 is 9.84 Å². The highest BCUT2D eigenvalue weighted by Gasteiger charge is 2.53. The Balaban J connectivity index is 2.16. The van der Waals surface area contributed by atoms with E-state index >= 15 is 0 Å². The number of ether oxygens (including phenoxy) is 1. The molecule has 1 aliphatic carbocycles. The van der Waals surface area contributed by atoms with Crippen molar-refractivity contribution in [1.29, 1.82) is 0 Å². The predicted molar refractivity (Wildman–Crippen MR) is 109 cm³/mol. The molecule has 0 bridgehead atoms. The van der Waals surface area contributed by atoms with Crippen molar-refractivity contribution in [3.63, 3.8) is 0 Å². The maximum atomic E-state index is 13.4. The standard InChI is InChI=1S/C19H23BrN2O5S/c1-11-8-15(23)21-14-10-12(9-13(20)16(11)14)28(25,26)22(19(5)6-7-19)17(24)27-18(2,3)4/h8-10H,6-7H2,1-5H3,(H,21,23). The molecule has 1 saturated carbocycles. The molecule has 1 amide bonds. The van der Waals surface area contributed by atoms with E-state index in [9.17, 15) is 18.3 Å². The Morgan fingerprint density at radius 1 is 1.29 bits per heavy atom. The molecule has 1 fully saturated rings. The summed E-state index contributed by atoms with van der Waals surface area (Å²) < 4.78 is 33.6. The highest BCUT2D eigenvalue weighted by molar-refractivity contribution is 9.10. The van der Waals surface area contributed by atoms with Crippen LogP contribution in [0.3, 0.4) is 0 Å². The van der Waals surface area contributed by atoms with Crippen LogP contribution < -0.4 is 0 Å². The number of pyridine rings is 1. The van der Waals surface area contributed by atoms with Crippen LogP contribution in [0.25, 0.3) is 10.9 Å². The molecule has 3 rings (SSSR count). The second kappa shape index (κ2) is 6.59. The molecule has 0 unspecified atom stereocenters. The van der Waals surface area contributed by atoms with E-state index in [2.05, 4.69) is 20.9 Å². The number of aromatic nitrogens is 1. The monoisotopic (exact) mass is 470 g/mol. The van der Waals surface area contributed by atoms with Gasteiger partial charge in [-0.1, -0.05) is 15.9 Å². The first-order valence-electron chi connectivity index (χ1n) is 8.83. The van der Waals surface area contributed by atoms with Gasteiger partial charge >= 0.3 is 6.09 Å².